The Balaban J connectivity index is 1.28. The first-order valence-corrected chi connectivity index (χ1v) is 20.7. The van der Waals surface area contributed by atoms with Crippen molar-refractivity contribution in [3.8, 4) is 44.5 Å². The molecule has 0 aliphatic heterocycles. The number of para-hydroxylation sites is 2. The Kier molecular flexibility index (Phi) is 7.22. The maximum atomic E-state index is 15.0. The molecule has 0 atom stereocenters. The van der Waals surface area contributed by atoms with Crippen LogP contribution in [0.3, 0.4) is 0 Å². The number of pyridine rings is 2. The molecule has 290 valence electrons. The van der Waals surface area contributed by atoms with Crippen LogP contribution in [0, 0.1) is 0 Å². The number of aromatic nitrogens is 2. The summed E-state index contributed by atoms with van der Waals surface area (Å²) in [5.41, 5.74) is 14.0. The SMILES string of the molecule is O=c1c2cc3c(=O)c4ccc(-c5ccccc5)c5oc6c(-c7ccccc7)cccc6n(c3cc2n2c3cccc(-c6ccccc6)c3oc3c(-c6ccccc6)ccc1c32)c54. The van der Waals surface area contributed by atoms with Crippen molar-refractivity contribution >= 4 is 77.0 Å². The first kappa shape index (κ1) is 34.4. The van der Waals surface area contributed by atoms with Crippen molar-refractivity contribution in [1.82, 2.24) is 8.80 Å². The fraction of sp³-hybridized carbons (Fsp3) is 0. The van der Waals surface area contributed by atoms with E-state index in [9.17, 15) is 0 Å². The van der Waals surface area contributed by atoms with E-state index in [1.165, 1.54) is 0 Å². The molecule has 13 rings (SSSR count). The van der Waals surface area contributed by atoms with E-state index in [1.54, 1.807) is 0 Å². The van der Waals surface area contributed by atoms with Crippen molar-refractivity contribution in [2.75, 3.05) is 0 Å². The maximum Gasteiger partial charge on any atom is 0.197 e. The third-order valence-electron chi connectivity index (χ3n) is 12.5. The van der Waals surface area contributed by atoms with Gasteiger partial charge in [-0.2, -0.15) is 0 Å². The standard InChI is InChI=1S/C56H32N2O4/c59-51-41-29-27-39(35-19-9-3-10-20-35)55-49(41)57(45-25-13-23-37(53(45)61-55)33-15-5-1-6-16-33)47-32-48-44(31-43(47)51)52(60)42-30-28-40(36-21-11-4-12-22-36)56-50(42)58(48)46-26-14-24-38(54(46)62-56)34-17-7-2-8-18-34/h1-32H. The van der Waals surface area contributed by atoms with Gasteiger partial charge in [0.2, 0.25) is 0 Å². The van der Waals surface area contributed by atoms with Crippen LogP contribution in [-0.2, 0) is 0 Å². The van der Waals surface area contributed by atoms with E-state index in [1.807, 2.05) is 133 Å². The summed E-state index contributed by atoms with van der Waals surface area (Å²) in [6.45, 7) is 0. The zero-order chi connectivity index (χ0) is 41.1. The molecule has 0 aliphatic carbocycles. The highest BCUT2D eigenvalue weighted by molar-refractivity contribution is 6.14. The van der Waals surface area contributed by atoms with Crippen LogP contribution in [0.4, 0.5) is 0 Å². The molecule has 4 aromatic heterocycles. The van der Waals surface area contributed by atoms with Gasteiger partial charge in [0, 0.05) is 33.0 Å². The highest BCUT2D eigenvalue weighted by Crippen LogP contribution is 2.42. The smallest absolute Gasteiger partial charge is 0.197 e. The largest absolute Gasteiger partial charge is 0.452 e. The molecular weight excluding hydrogens is 765 g/mol. The molecule has 0 radical (unpaired) electrons. The molecule has 0 spiro atoms. The number of hydrogen-bond donors (Lipinski definition) is 0. The van der Waals surface area contributed by atoms with Crippen LogP contribution >= 0.6 is 0 Å². The van der Waals surface area contributed by atoms with Crippen LogP contribution < -0.4 is 10.9 Å². The summed E-state index contributed by atoms with van der Waals surface area (Å²) in [5, 5.41) is 1.89. The van der Waals surface area contributed by atoms with Gasteiger partial charge in [-0.1, -0.05) is 146 Å². The van der Waals surface area contributed by atoms with Crippen LogP contribution in [-0.4, -0.2) is 8.80 Å². The molecule has 0 amide bonds. The van der Waals surface area contributed by atoms with Gasteiger partial charge in [0.1, 0.15) is 11.0 Å². The third-order valence-corrected chi connectivity index (χ3v) is 12.5. The van der Waals surface area contributed by atoms with Gasteiger partial charge < -0.3 is 17.6 Å². The van der Waals surface area contributed by atoms with Gasteiger partial charge in [-0.05, 0) is 70.8 Å². The second-order valence-corrected chi connectivity index (χ2v) is 15.9. The second kappa shape index (κ2) is 13.0. The quantitative estimate of drug-likeness (QED) is 0.131. The van der Waals surface area contributed by atoms with Gasteiger partial charge >= 0.3 is 0 Å². The molecular formula is C56H32N2O4. The van der Waals surface area contributed by atoms with Gasteiger partial charge in [-0.3, -0.25) is 9.59 Å². The summed E-state index contributed by atoms with van der Waals surface area (Å²) < 4.78 is 18.5. The summed E-state index contributed by atoms with van der Waals surface area (Å²) in [7, 11) is 0. The molecule has 0 N–H and O–H groups in total. The fourth-order valence-electron chi connectivity index (χ4n) is 9.70. The normalized spacial score (nSPS) is 12.0. The van der Waals surface area contributed by atoms with Crippen molar-refractivity contribution in [3.63, 3.8) is 0 Å². The molecule has 0 fully saturated rings. The van der Waals surface area contributed by atoms with Crippen LogP contribution in [0.15, 0.2) is 213 Å². The molecule has 6 nitrogen and oxygen atoms in total. The highest BCUT2D eigenvalue weighted by atomic mass is 16.3. The van der Waals surface area contributed by atoms with Crippen LogP contribution in [0.25, 0.3) is 121 Å². The summed E-state index contributed by atoms with van der Waals surface area (Å²) in [6, 6.07) is 64.6. The van der Waals surface area contributed by atoms with Gasteiger partial charge in [0.05, 0.1) is 32.8 Å². The summed E-state index contributed by atoms with van der Waals surface area (Å²) in [5.74, 6) is 0. The Labute approximate surface area is 352 Å². The van der Waals surface area contributed by atoms with Gasteiger partial charge in [-0.15, -0.1) is 0 Å². The van der Waals surface area contributed by atoms with Crippen molar-refractivity contribution in [1.29, 1.82) is 0 Å². The minimum atomic E-state index is -0.173. The Morgan fingerprint density at radius 2 is 0.645 bits per heavy atom. The van der Waals surface area contributed by atoms with E-state index in [2.05, 4.69) is 69.5 Å². The second-order valence-electron chi connectivity index (χ2n) is 15.9. The highest BCUT2D eigenvalue weighted by Gasteiger charge is 2.25. The zero-order valence-corrected chi connectivity index (χ0v) is 33.0. The average molecular weight is 797 g/mol. The summed E-state index contributed by atoms with van der Waals surface area (Å²) in [4.78, 5) is 30.0. The molecule has 4 heterocycles. The number of rotatable bonds is 4. The van der Waals surface area contributed by atoms with Gasteiger partial charge in [-0.25, -0.2) is 0 Å². The Morgan fingerprint density at radius 1 is 0.290 bits per heavy atom. The topological polar surface area (TPSA) is 69.2 Å². The predicted octanol–water partition coefficient (Wildman–Crippen LogP) is 13.7. The van der Waals surface area contributed by atoms with Crippen molar-refractivity contribution in [2.24, 2.45) is 0 Å². The number of benzene rings is 9. The van der Waals surface area contributed by atoms with Gasteiger partial charge in [0.15, 0.2) is 33.2 Å². The summed E-state index contributed by atoms with van der Waals surface area (Å²) in [6.07, 6.45) is 0. The molecule has 62 heavy (non-hydrogen) atoms. The molecule has 6 heteroatoms. The first-order valence-electron chi connectivity index (χ1n) is 20.7. The molecule has 9 aromatic carbocycles. The molecule has 0 saturated heterocycles. The van der Waals surface area contributed by atoms with E-state index in [-0.39, 0.29) is 10.9 Å². The molecule has 0 bridgehead atoms. The van der Waals surface area contributed by atoms with Gasteiger partial charge in [0.25, 0.3) is 0 Å². The Hall–Kier alpha value is -8.48. The molecule has 13 aromatic rings. The Morgan fingerprint density at radius 3 is 1.02 bits per heavy atom. The Bertz CT molecular complexity index is 3840. The van der Waals surface area contributed by atoms with E-state index in [0.717, 1.165) is 55.5 Å². The third kappa shape index (κ3) is 4.80. The predicted molar refractivity (Wildman–Crippen MR) is 252 cm³/mol. The van der Waals surface area contributed by atoms with Crippen LogP contribution in [0.5, 0.6) is 0 Å². The molecule has 0 saturated carbocycles. The van der Waals surface area contributed by atoms with Crippen molar-refractivity contribution in [2.45, 2.75) is 0 Å². The number of nitrogens with zero attached hydrogens (tertiary/aromatic N) is 2. The maximum absolute atomic E-state index is 15.0. The first-order chi connectivity index (χ1) is 30.6. The minimum Gasteiger partial charge on any atom is -0.452 e. The van der Waals surface area contributed by atoms with Crippen molar-refractivity contribution in [3.05, 3.63) is 215 Å². The lowest BCUT2D eigenvalue weighted by Crippen LogP contribution is -2.13. The van der Waals surface area contributed by atoms with Crippen LogP contribution in [0.2, 0.25) is 0 Å². The van der Waals surface area contributed by atoms with Crippen molar-refractivity contribution < 1.29 is 8.83 Å². The van der Waals surface area contributed by atoms with E-state index >= 15 is 9.59 Å². The monoisotopic (exact) mass is 796 g/mol. The van der Waals surface area contributed by atoms with E-state index < -0.39 is 0 Å². The lowest BCUT2D eigenvalue weighted by molar-refractivity contribution is 0.657. The fourth-order valence-corrected chi connectivity index (χ4v) is 9.70. The number of fused-ring (bicyclic) bond motifs is 8. The molecule has 0 unspecified atom stereocenters. The average Bonchev–Trinajstić information content (AvgIpc) is 3.34. The minimum absolute atomic E-state index is 0.173. The lowest BCUT2D eigenvalue weighted by atomic mass is 9.97. The van der Waals surface area contributed by atoms with Crippen LogP contribution in [0.1, 0.15) is 0 Å². The lowest BCUT2D eigenvalue weighted by Gasteiger charge is -2.20. The summed E-state index contributed by atoms with van der Waals surface area (Å²) >= 11 is 0. The van der Waals surface area contributed by atoms with E-state index in [4.69, 9.17) is 8.83 Å². The molecule has 0 aliphatic rings. The number of hydrogen-bond acceptors (Lipinski definition) is 4. The van der Waals surface area contributed by atoms with E-state index in [0.29, 0.717) is 65.9 Å². The zero-order valence-electron chi connectivity index (χ0n) is 33.0.